The minimum atomic E-state index is -0.446. The van der Waals surface area contributed by atoms with Gasteiger partial charge in [0.1, 0.15) is 11.2 Å². The Hall–Kier alpha value is -8.26. The Bertz CT molecular complexity index is 4100. The molecule has 1 heterocycles. The number of furan rings is 1. The molecule has 0 saturated heterocycles. The van der Waals surface area contributed by atoms with Crippen LogP contribution in [0.5, 0.6) is 0 Å². The fraction of sp³-hybridized carbons (Fsp3) is 0.0159. The summed E-state index contributed by atoms with van der Waals surface area (Å²) >= 11 is 0. The number of rotatable bonds is 2. The second-order valence-electron chi connectivity index (χ2n) is 17.8. The van der Waals surface area contributed by atoms with Crippen molar-refractivity contribution >= 4 is 75.8 Å². The van der Waals surface area contributed by atoms with Gasteiger partial charge in [-0.05, 0) is 151 Å². The summed E-state index contributed by atoms with van der Waals surface area (Å²) in [6, 6.07) is 81.7. The summed E-state index contributed by atoms with van der Waals surface area (Å²) < 4.78 is 6.47. The highest BCUT2D eigenvalue weighted by atomic mass is 16.3. The van der Waals surface area contributed by atoms with Crippen LogP contribution < -0.4 is 0 Å². The smallest absolute Gasteiger partial charge is 0.136 e. The molecule has 2 aliphatic carbocycles. The molecule has 64 heavy (non-hydrogen) atoms. The monoisotopic (exact) mass is 808 g/mol. The zero-order chi connectivity index (χ0) is 41.7. The maximum Gasteiger partial charge on any atom is 0.136 e. The van der Waals surface area contributed by atoms with Crippen molar-refractivity contribution in [1.82, 2.24) is 0 Å². The molecule has 0 amide bonds. The zero-order valence-corrected chi connectivity index (χ0v) is 34.7. The minimum absolute atomic E-state index is 0.446. The lowest BCUT2D eigenvalue weighted by Crippen LogP contribution is -2.26. The Labute approximate surface area is 369 Å². The van der Waals surface area contributed by atoms with Gasteiger partial charge in [-0.3, -0.25) is 0 Å². The lowest BCUT2D eigenvalue weighted by Gasteiger charge is -2.31. The van der Waals surface area contributed by atoms with Gasteiger partial charge in [-0.25, -0.2) is 0 Å². The van der Waals surface area contributed by atoms with E-state index in [-0.39, 0.29) is 0 Å². The van der Waals surface area contributed by atoms with Gasteiger partial charge in [0.05, 0.1) is 5.41 Å². The number of hydrogen-bond donors (Lipinski definition) is 0. The molecule has 12 aromatic carbocycles. The van der Waals surface area contributed by atoms with Crippen molar-refractivity contribution in [2.45, 2.75) is 5.41 Å². The molecule has 1 spiro atoms. The first-order chi connectivity index (χ1) is 31.7. The summed E-state index contributed by atoms with van der Waals surface area (Å²) in [5.41, 5.74) is 17.1. The molecule has 0 N–H and O–H groups in total. The van der Waals surface area contributed by atoms with E-state index in [0.717, 1.165) is 21.9 Å². The Morgan fingerprint density at radius 1 is 0.266 bits per heavy atom. The van der Waals surface area contributed by atoms with Crippen LogP contribution >= 0.6 is 0 Å². The van der Waals surface area contributed by atoms with E-state index < -0.39 is 5.41 Å². The third kappa shape index (κ3) is 4.33. The van der Waals surface area contributed by atoms with Gasteiger partial charge in [0.15, 0.2) is 0 Å². The van der Waals surface area contributed by atoms with Crippen LogP contribution in [0.25, 0.3) is 120 Å². The van der Waals surface area contributed by atoms with Crippen molar-refractivity contribution in [2.24, 2.45) is 0 Å². The van der Waals surface area contributed by atoms with Crippen LogP contribution in [-0.4, -0.2) is 0 Å². The average Bonchev–Trinajstić information content (AvgIpc) is 3.98. The van der Waals surface area contributed by atoms with Crippen LogP contribution in [0.15, 0.2) is 223 Å². The van der Waals surface area contributed by atoms with Crippen LogP contribution in [-0.2, 0) is 5.41 Å². The second kappa shape index (κ2) is 12.4. The van der Waals surface area contributed by atoms with Crippen LogP contribution in [0, 0.1) is 0 Å². The molecule has 0 unspecified atom stereocenters. The van der Waals surface area contributed by atoms with Crippen molar-refractivity contribution in [3.8, 4) is 44.5 Å². The number of benzene rings is 12. The summed E-state index contributed by atoms with van der Waals surface area (Å²) in [5, 5.41) is 14.8. The average molecular weight is 809 g/mol. The van der Waals surface area contributed by atoms with E-state index >= 15 is 0 Å². The van der Waals surface area contributed by atoms with E-state index in [0.29, 0.717) is 0 Å². The third-order valence-corrected chi connectivity index (χ3v) is 14.8. The minimum Gasteiger partial charge on any atom is -0.456 e. The molecule has 13 aromatic rings. The van der Waals surface area contributed by atoms with Gasteiger partial charge >= 0.3 is 0 Å². The van der Waals surface area contributed by atoms with Crippen molar-refractivity contribution in [1.29, 1.82) is 0 Å². The third-order valence-electron chi connectivity index (χ3n) is 14.8. The molecule has 1 aromatic heterocycles. The first-order valence-corrected chi connectivity index (χ1v) is 22.3. The molecule has 0 saturated carbocycles. The highest BCUT2D eigenvalue weighted by Gasteiger charge is 2.52. The van der Waals surface area contributed by atoms with E-state index in [2.05, 4.69) is 218 Å². The summed E-state index contributed by atoms with van der Waals surface area (Å²) in [6.07, 6.45) is 0. The fourth-order valence-corrected chi connectivity index (χ4v) is 12.3. The summed E-state index contributed by atoms with van der Waals surface area (Å²) in [7, 11) is 0. The highest BCUT2D eigenvalue weighted by Crippen LogP contribution is 2.65. The highest BCUT2D eigenvalue weighted by molar-refractivity contribution is 6.23. The number of fused-ring (bicyclic) bond motifs is 20. The Morgan fingerprint density at radius 3 is 1.48 bits per heavy atom. The van der Waals surface area contributed by atoms with Crippen LogP contribution in [0.3, 0.4) is 0 Å². The standard InChI is InChI=1S/C63H36O/c1-2-15-39-36-58-53(34-38(39)14-1)52-35-42(28-32-57(52)64-58)60-49-21-7-5-19-47(49)59(48-20-6-8-22-50(48)60)41-26-29-44-40(33-41)25-30-51-61-43-16-4-3-13-37(43)27-31-56(61)63(62(44)51)54-23-11-9-17-45(54)46-18-10-12-24-55(46)63/h1-36H. The Morgan fingerprint density at radius 2 is 0.797 bits per heavy atom. The first-order valence-electron chi connectivity index (χ1n) is 22.3. The van der Waals surface area contributed by atoms with Gasteiger partial charge in [0.25, 0.3) is 0 Å². The lowest BCUT2D eigenvalue weighted by molar-refractivity contribution is 0.669. The molecule has 0 radical (unpaired) electrons. The Balaban J connectivity index is 0.984. The normalized spacial score (nSPS) is 13.4. The fourth-order valence-electron chi connectivity index (χ4n) is 12.3. The summed E-state index contributed by atoms with van der Waals surface area (Å²) in [6.45, 7) is 0. The van der Waals surface area contributed by atoms with Gasteiger partial charge in [0.2, 0.25) is 0 Å². The molecule has 15 rings (SSSR count). The largest absolute Gasteiger partial charge is 0.456 e. The number of hydrogen-bond acceptors (Lipinski definition) is 1. The quantitative estimate of drug-likeness (QED) is 0.159. The van der Waals surface area contributed by atoms with E-state index in [4.69, 9.17) is 4.42 Å². The van der Waals surface area contributed by atoms with Crippen molar-refractivity contribution in [2.75, 3.05) is 0 Å². The van der Waals surface area contributed by atoms with Gasteiger partial charge in [-0.1, -0.05) is 188 Å². The van der Waals surface area contributed by atoms with Crippen LogP contribution in [0.4, 0.5) is 0 Å². The van der Waals surface area contributed by atoms with Gasteiger partial charge in [0, 0.05) is 10.8 Å². The van der Waals surface area contributed by atoms with E-state index in [1.807, 2.05) is 0 Å². The molecule has 1 heteroatoms. The molecule has 0 atom stereocenters. The van der Waals surface area contributed by atoms with Gasteiger partial charge < -0.3 is 4.42 Å². The molecule has 1 nitrogen and oxygen atoms in total. The lowest BCUT2D eigenvalue weighted by atomic mass is 9.69. The molecule has 0 bridgehead atoms. The molecule has 294 valence electrons. The molecular formula is C63H36O. The molecule has 2 aliphatic rings. The van der Waals surface area contributed by atoms with E-state index in [1.165, 1.54) is 121 Å². The molecule has 0 aliphatic heterocycles. The maximum absolute atomic E-state index is 6.47. The summed E-state index contributed by atoms with van der Waals surface area (Å²) in [5.74, 6) is 0. The predicted octanol–water partition coefficient (Wildman–Crippen LogP) is 17.0. The Kier molecular flexibility index (Phi) is 6.67. The van der Waals surface area contributed by atoms with E-state index in [1.54, 1.807) is 0 Å². The van der Waals surface area contributed by atoms with E-state index in [9.17, 15) is 0 Å². The van der Waals surface area contributed by atoms with Crippen LogP contribution in [0.1, 0.15) is 22.3 Å². The maximum atomic E-state index is 6.47. The van der Waals surface area contributed by atoms with Gasteiger partial charge in [-0.15, -0.1) is 0 Å². The van der Waals surface area contributed by atoms with Gasteiger partial charge in [-0.2, -0.15) is 0 Å². The summed E-state index contributed by atoms with van der Waals surface area (Å²) in [4.78, 5) is 0. The first kappa shape index (κ1) is 34.3. The van der Waals surface area contributed by atoms with Crippen LogP contribution in [0.2, 0.25) is 0 Å². The van der Waals surface area contributed by atoms with Crippen molar-refractivity contribution in [3.05, 3.63) is 241 Å². The zero-order valence-electron chi connectivity index (χ0n) is 34.7. The van der Waals surface area contributed by atoms with Crippen molar-refractivity contribution in [3.63, 3.8) is 0 Å². The molecule has 0 fully saturated rings. The SMILES string of the molecule is c1ccc2c(c1)-c1ccccc1C21c2ccc3ccccc3c2-c2ccc3cc(-c4c5ccccc5c(-c5ccc6oc7cc8ccccc8cc7c6c5)c5ccccc45)ccc3c21. The second-order valence-corrected chi connectivity index (χ2v) is 17.8. The predicted molar refractivity (Wildman–Crippen MR) is 268 cm³/mol. The molecular weight excluding hydrogens is 773 g/mol. The topological polar surface area (TPSA) is 13.1 Å². The van der Waals surface area contributed by atoms with Crippen molar-refractivity contribution < 1.29 is 4.42 Å².